The van der Waals surface area contributed by atoms with E-state index in [-0.39, 0.29) is 11.5 Å². The van der Waals surface area contributed by atoms with E-state index in [2.05, 4.69) is 10.1 Å². The molecule has 0 aliphatic carbocycles. The Labute approximate surface area is 143 Å². The number of hydrogen-bond acceptors (Lipinski definition) is 5. The Kier molecular flexibility index (Phi) is 4.35. The Balaban J connectivity index is 1.39. The molecule has 4 heterocycles. The van der Waals surface area contributed by atoms with Crippen LogP contribution in [-0.4, -0.2) is 65.3 Å². The molecule has 1 aromatic rings. The summed E-state index contributed by atoms with van der Waals surface area (Å²) in [6, 6.07) is 0. The quantitative estimate of drug-likeness (QED) is 0.849. The van der Waals surface area contributed by atoms with Crippen molar-refractivity contribution in [3.63, 3.8) is 0 Å². The van der Waals surface area contributed by atoms with E-state index in [1.807, 2.05) is 11.8 Å². The molecule has 0 bridgehead atoms. The average molecular weight is 333 g/mol. The molecule has 6 nitrogen and oxygen atoms in total. The van der Waals surface area contributed by atoms with Gasteiger partial charge in [-0.15, -0.1) is 0 Å². The molecule has 2 atom stereocenters. The van der Waals surface area contributed by atoms with E-state index in [1.165, 1.54) is 38.6 Å². The standard InChI is InChI=1S/C18H27N3O3/c1-14-16(12-23-19-14)17(22)21-10-7-18(13-21)6-4-5-15(24-18)11-20-8-2-3-9-20/h12,15H,2-11,13H2,1H3/t15-,18-/m1/s1. The fourth-order valence-electron chi connectivity index (χ4n) is 4.49. The van der Waals surface area contributed by atoms with Crippen LogP contribution < -0.4 is 0 Å². The van der Waals surface area contributed by atoms with Crippen LogP contribution in [0.3, 0.4) is 0 Å². The summed E-state index contributed by atoms with van der Waals surface area (Å²) in [6.45, 7) is 6.76. The van der Waals surface area contributed by atoms with Crippen molar-refractivity contribution in [2.24, 2.45) is 0 Å². The van der Waals surface area contributed by atoms with Gasteiger partial charge in [-0.1, -0.05) is 5.16 Å². The van der Waals surface area contributed by atoms with E-state index in [1.54, 1.807) is 0 Å². The molecule has 4 rings (SSSR count). The molecular weight excluding hydrogens is 306 g/mol. The average Bonchev–Trinajstić information content (AvgIpc) is 3.29. The van der Waals surface area contributed by atoms with E-state index in [0.717, 1.165) is 32.4 Å². The summed E-state index contributed by atoms with van der Waals surface area (Å²) in [5.74, 6) is 0.0240. The first-order valence-corrected chi connectivity index (χ1v) is 9.26. The zero-order chi connectivity index (χ0) is 16.6. The third-order valence-electron chi connectivity index (χ3n) is 5.82. The lowest BCUT2D eigenvalue weighted by atomic mass is 9.90. The third-order valence-corrected chi connectivity index (χ3v) is 5.82. The van der Waals surface area contributed by atoms with E-state index in [0.29, 0.717) is 23.9 Å². The Morgan fingerprint density at radius 1 is 1.29 bits per heavy atom. The van der Waals surface area contributed by atoms with Crippen molar-refractivity contribution in [3.05, 3.63) is 17.5 Å². The molecule has 6 heteroatoms. The molecular formula is C18H27N3O3. The van der Waals surface area contributed by atoms with E-state index in [4.69, 9.17) is 9.26 Å². The summed E-state index contributed by atoms with van der Waals surface area (Å²) in [7, 11) is 0. The van der Waals surface area contributed by atoms with Gasteiger partial charge in [-0.2, -0.15) is 0 Å². The second-order valence-corrected chi connectivity index (χ2v) is 7.61. The first kappa shape index (κ1) is 16.1. The number of nitrogens with zero attached hydrogens (tertiary/aromatic N) is 3. The zero-order valence-corrected chi connectivity index (χ0v) is 14.5. The lowest BCUT2D eigenvalue weighted by Gasteiger charge is -2.40. The lowest BCUT2D eigenvalue weighted by molar-refractivity contribution is -0.126. The summed E-state index contributed by atoms with van der Waals surface area (Å²) in [5, 5.41) is 3.82. The first-order valence-electron chi connectivity index (χ1n) is 9.26. The highest BCUT2D eigenvalue weighted by Gasteiger charge is 2.45. The highest BCUT2D eigenvalue weighted by molar-refractivity contribution is 5.95. The predicted octanol–water partition coefficient (Wildman–Crippen LogP) is 2.23. The Morgan fingerprint density at radius 3 is 2.88 bits per heavy atom. The van der Waals surface area contributed by atoms with Crippen molar-refractivity contribution >= 4 is 5.91 Å². The van der Waals surface area contributed by atoms with Gasteiger partial charge in [0.25, 0.3) is 5.91 Å². The maximum Gasteiger partial charge on any atom is 0.259 e. The second-order valence-electron chi connectivity index (χ2n) is 7.61. The smallest absolute Gasteiger partial charge is 0.259 e. The molecule has 0 saturated carbocycles. The van der Waals surface area contributed by atoms with Crippen LogP contribution in [0.1, 0.15) is 54.6 Å². The molecule has 1 amide bonds. The van der Waals surface area contributed by atoms with E-state index < -0.39 is 0 Å². The topological polar surface area (TPSA) is 58.8 Å². The van der Waals surface area contributed by atoms with Gasteiger partial charge in [0.15, 0.2) is 0 Å². The van der Waals surface area contributed by atoms with E-state index in [9.17, 15) is 4.79 Å². The summed E-state index contributed by atoms with van der Waals surface area (Å²) >= 11 is 0. The first-order chi connectivity index (χ1) is 11.7. The van der Waals surface area contributed by atoms with Gasteiger partial charge in [-0.25, -0.2) is 0 Å². The van der Waals surface area contributed by atoms with Crippen LogP contribution in [0.25, 0.3) is 0 Å². The second kappa shape index (κ2) is 6.48. The van der Waals surface area contributed by atoms with Gasteiger partial charge in [0.2, 0.25) is 0 Å². The number of ether oxygens (including phenoxy) is 1. The fraction of sp³-hybridized carbons (Fsp3) is 0.778. The van der Waals surface area contributed by atoms with Crippen molar-refractivity contribution < 1.29 is 14.1 Å². The monoisotopic (exact) mass is 333 g/mol. The summed E-state index contributed by atoms with van der Waals surface area (Å²) in [6.07, 6.45) is 8.78. The van der Waals surface area contributed by atoms with Gasteiger partial charge in [0.1, 0.15) is 11.8 Å². The highest BCUT2D eigenvalue weighted by atomic mass is 16.5. The fourth-order valence-corrected chi connectivity index (χ4v) is 4.49. The molecule has 3 aliphatic heterocycles. The molecule has 0 radical (unpaired) electrons. The summed E-state index contributed by atoms with van der Waals surface area (Å²) in [5.41, 5.74) is 1.11. The van der Waals surface area contributed by atoms with Gasteiger partial charge >= 0.3 is 0 Å². The number of aryl methyl sites for hydroxylation is 1. The van der Waals surface area contributed by atoms with Gasteiger partial charge in [0, 0.05) is 13.1 Å². The maximum atomic E-state index is 12.7. The SMILES string of the molecule is Cc1nocc1C(=O)N1CC[C@]2(CCC[C@H](CN3CCCC3)O2)C1. The number of aromatic nitrogens is 1. The minimum absolute atomic E-state index is 0.0240. The van der Waals surface area contributed by atoms with Crippen LogP contribution in [0.2, 0.25) is 0 Å². The Bertz CT molecular complexity index is 596. The van der Waals surface area contributed by atoms with Crippen LogP contribution in [0, 0.1) is 6.92 Å². The van der Waals surface area contributed by atoms with Gasteiger partial charge in [0.05, 0.1) is 23.9 Å². The number of likely N-dealkylation sites (tertiary alicyclic amines) is 2. The van der Waals surface area contributed by atoms with Crippen molar-refractivity contribution in [3.8, 4) is 0 Å². The van der Waals surface area contributed by atoms with Gasteiger partial charge < -0.3 is 19.1 Å². The largest absolute Gasteiger partial charge is 0.369 e. The van der Waals surface area contributed by atoms with Gasteiger partial charge in [-0.05, 0) is 58.5 Å². The molecule has 132 valence electrons. The zero-order valence-electron chi connectivity index (χ0n) is 14.5. The summed E-state index contributed by atoms with van der Waals surface area (Å²) < 4.78 is 11.5. The van der Waals surface area contributed by atoms with Crippen LogP contribution in [0.15, 0.2) is 10.8 Å². The Morgan fingerprint density at radius 2 is 2.12 bits per heavy atom. The highest BCUT2D eigenvalue weighted by Crippen LogP contribution is 2.37. The third kappa shape index (κ3) is 3.09. The molecule has 3 aliphatic rings. The number of rotatable bonds is 3. The number of carbonyl (C=O) groups is 1. The van der Waals surface area contributed by atoms with Crippen LogP contribution in [0.5, 0.6) is 0 Å². The molecule has 0 N–H and O–H groups in total. The molecule has 1 aromatic heterocycles. The molecule has 24 heavy (non-hydrogen) atoms. The molecule has 0 aromatic carbocycles. The lowest BCUT2D eigenvalue weighted by Crippen LogP contribution is -2.47. The minimum Gasteiger partial charge on any atom is -0.369 e. The van der Waals surface area contributed by atoms with Crippen molar-refractivity contribution in [2.75, 3.05) is 32.7 Å². The van der Waals surface area contributed by atoms with Crippen molar-refractivity contribution in [1.29, 1.82) is 0 Å². The van der Waals surface area contributed by atoms with E-state index >= 15 is 0 Å². The minimum atomic E-state index is -0.136. The predicted molar refractivity (Wildman–Crippen MR) is 88.9 cm³/mol. The van der Waals surface area contributed by atoms with Crippen molar-refractivity contribution in [2.45, 2.75) is 57.2 Å². The number of amides is 1. The number of carbonyl (C=O) groups excluding carboxylic acids is 1. The normalized spacial score (nSPS) is 31.2. The molecule has 3 saturated heterocycles. The maximum absolute atomic E-state index is 12.7. The molecule has 1 spiro atoms. The number of hydrogen-bond donors (Lipinski definition) is 0. The van der Waals surface area contributed by atoms with Crippen LogP contribution in [0.4, 0.5) is 0 Å². The molecule has 3 fully saturated rings. The summed E-state index contributed by atoms with van der Waals surface area (Å²) in [4.78, 5) is 17.1. The Hall–Kier alpha value is -1.40. The molecule has 0 unspecified atom stereocenters. The van der Waals surface area contributed by atoms with Crippen LogP contribution in [-0.2, 0) is 4.74 Å². The van der Waals surface area contributed by atoms with Crippen molar-refractivity contribution in [1.82, 2.24) is 15.0 Å². The van der Waals surface area contributed by atoms with Gasteiger partial charge in [-0.3, -0.25) is 4.79 Å². The van der Waals surface area contributed by atoms with Crippen LogP contribution >= 0.6 is 0 Å².